The lowest BCUT2D eigenvalue weighted by atomic mass is 10.0. The van der Waals surface area contributed by atoms with Crippen LogP contribution >= 0.6 is 11.3 Å². The molecule has 1 atom stereocenters. The van der Waals surface area contributed by atoms with Crippen LogP contribution in [0.2, 0.25) is 0 Å². The molecule has 0 unspecified atom stereocenters. The Hall–Kier alpha value is -2.18. The van der Waals surface area contributed by atoms with Crippen LogP contribution in [-0.2, 0) is 0 Å². The molecule has 27 heavy (non-hydrogen) atoms. The number of benzene rings is 1. The van der Waals surface area contributed by atoms with Crippen molar-refractivity contribution in [2.45, 2.75) is 39.2 Å². The quantitative estimate of drug-likeness (QED) is 0.693. The predicted octanol–water partition coefficient (Wildman–Crippen LogP) is 3.92. The Bertz CT molecular complexity index is 1050. The Morgan fingerprint density at radius 2 is 2.15 bits per heavy atom. The predicted molar refractivity (Wildman–Crippen MR) is 110 cm³/mol. The Balaban J connectivity index is 1.54. The van der Waals surface area contributed by atoms with Gasteiger partial charge in [-0.1, -0.05) is 18.1 Å². The molecule has 6 heteroatoms. The number of nitrogens with zero attached hydrogens (tertiary/aromatic N) is 1. The molecular formula is C21H24N2O3S. The topological polar surface area (TPSA) is 62.6 Å². The molecule has 3 heterocycles. The summed E-state index contributed by atoms with van der Waals surface area (Å²) in [5, 5.41) is 4.37. The zero-order valence-electron chi connectivity index (χ0n) is 15.7. The number of thiophene rings is 1. The molecular weight excluding hydrogens is 360 g/mol. The molecule has 0 aliphatic carbocycles. The lowest BCUT2D eigenvalue weighted by Gasteiger charge is -2.33. The second-order valence-corrected chi connectivity index (χ2v) is 8.43. The molecule has 0 bridgehead atoms. The van der Waals surface area contributed by atoms with Gasteiger partial charge in [0.25, 0.3) is 5.91 Å². The van der Waals surface area contributed by atoms with Crippen molar-refractivity contribution in [2.75, 3.05) is 19.6 Å². The van der Waals surface area contributed by atoms with Crippen molar-refractivity contribution in [2.24, 2.45) is 0 Å². The van der Waals surface area contributed by atoms with Crippen molar-refractivity contribution < 1.29 is 9.21 Å². The van der Waals surface area contributed by atoms with Gasteiger partial charge in [0, 0.05) is 24.5 Å². The van der Waals surface area contributed by atoms with Crippen LogP contribution in [0, 0.1) is 6.92 Å². The molecule has 1 amide bonds. The van der Waals surface area contributed by atoms with Gasteiger partial charge in [-0.25, -0.2) is 4.79 Å². The van der Waals surface area contributed by atoms with Crippen molar-refractivity contribution in [3.63, 3.8) is 0 Å². The highest BCUT2D eigenvalue weighted by Gasteiger charge is 2.19. The maximum absolute atomic E-state index is 12.6. The number of rotatable bonds is 4. The molecule has 142 valence electrons. The minimum atomic E-state index is -0.390. The van der Waals surface area contributed by atoms with Crippen molar-refractivity contribution in [3.05, 3.63) is 45.1 Å². The van der Waals surface area contributed by atoms with E-state index in [1.807, 2.05) is 25.1 Å². The van der Waals surface area contributed by atoms with E-state index in [4.69, 9.17) is 4.42 Å². The number of nitrogens with one attached hydrogen (secondary N) is 1. The molecule has 5 nitrogen and oxygen atoms in total. The van der Waals surface area contributed by atoms with Crippen LogP contribution in [0.25, 0.3) is 21.1 Å². The van der Waals surface area contributed by atoms with E-state index >= 15 is 0 Å². The molecule has 4 rings (SSSR count). The minimum absolute atomic E-state index is 0.124. The molecule has 1 fully saturated rings. The van der Waals surface area contributed by atoms with Gasteiger partial charge < -0.3 is 9.73 Å². The number of likely N-dealkylation sites (tertiary alicyclic amines) is 1. The van der Waals surface area contributed by atoms with E-state index in [1.54, 1.807) is 6.07 Å². The third kappa shape index (κ3) is 3.64. The van der Waals surface area contributed by atoms with Crippen LogP contribution in [0.5, 0.6) is 0 Å². The highest BCUT2D eigenvalue weighted by molar-refractivity contribution is 7.21. The van der Waals surface area contributed by atoms with E-state index < -0.39 is 5.63 Å². The molecule has 1 aromatic carbocycles. The number of carbonyl (C=O) groups excluding carboxylic acids is 1. The number of aryl methyl sites for hydroxylation is 1. The number of hydrogen-bond donors (Lipinski definition) is 1. The molecule has 1 saturated heterocycles. The number of hydrogen-bond acceptors (Lipinski definition) is 5. The summed E-state index contributed by atoms with van der Waals surface area (Å²) in [6.45, 7) is 6.83. The van der Waals surface area contributed by atoms with Gasteiger partial charge in [-0.3, -0.25) is 9.69 Å². The van der Waals surface area contributed by atoms with Gasteiger partial charge in [0.15, 0.2) is 0 Å². The van der Waals surface area contributed by atoms with E-state index in [0.29, 0.717) is 28.4 Å². The summed E-state index contributed by atoms with van der Waals surface area (Å²) in [4.78, 5) is 27.9. The molecule has 0 saturated carbocycles. The average molecular weight is 385 g/mol. The SMILES string of the molecule is Cc1ccc2oc(=O)c3cc(C(=O)NCCN4CCCC[C@H]4C)sc3c2c1. The van der Waals surface area contributed by atoms with Crippen LogP contribution in [0.4, 0.5) is 0 Å². The third-order valence-corrected chi connectivity index (χ3v) is 6.55. The highest BCUT2D eigenvalue weighted by Crippen LogP contribution is 2.31. The Labute approximate surface area is 162 Å². The van der Waals surface area contributed by atoms with E-state index in [2.05, 4.69) is 17.1 Å². The van der Waals surface area contributed by atoms with Crippen LogP contribution in [0.1, 0.15) is 41.4 Å². The summed E-state index contributed by atoms with van der Waals surface area (Å²) in [7, 11) is 0. The van der Waals surface area contributed by atoms with Gasteiger partial charge in [0.1, 0.15) is 5.58 Å². The molecule has 0 radical (unpaired) electrons. The first-order chi connectivity index (χ1) is 13.0. The Morgan fingerprint density at radius 1 is 1.30 bits per heavy atom. The fourth-order valence-electron chi connectivity index (χ4n) is 3.81. The van der Waals surface area contributed by atoms with Crippen LogP contribution in [-0.4, -0.2) is 36.5 Å². The zero-order valence-corrected chi connectivity index (χ0v) is 16.5. The second kappa shape index (κ2) is 7.44. The molecule has 0 spiro atoms. The monoisotopic (exact) mass is 384 g/mol. The largest absolute Gasteiger partial charge is 0.422 e. The highest BCUT2D eigenvalue weighted by atomic mass is 32.1. The Kier molecular flexibility index (Phi) is 5.02. The molecule has 3 aromatic rings. The lowest BCUT2D eigenvalue weighted by molar-refractivity contribution is 0.0942. The van der Waals surface area contributed by atoms with Crippen LogP contribution in [0.15, 0.2) is 33.5 Å². The average Bonchev–Trinajstić information content (AvgIpc) is 3.10. The van der Waals surface area contributed by atoms with E-state index in [9.17, 15) is 9.59 Å². The standard InChI is InChI=1S/C21H24N2O3S/c1-13-6-7-17-15(11-13)19-16(21(25)26-17)12-18(27-19)20(24)22-8-10-23-9-4-3-5-14(23)2/h6-7,11-12,14H,3-5,8-10H2,1-2H3,(H,22,24)/t14-/m1/s1. The molecule has 1 aliphatic heterocycles. The summed E-state index contributed by atoms with van der Waals surface area (Å²) < 4.78 is 6.23. The number of amides is 1. The van der Waals surface area contributed by atoms with Gasteiger partial charge in [-0.15, -0.1) is 11.3 Å². The van der Waals surface area contributed by atoms with Crippen LogP contribution < -0.4 is 10.9 Å². The van der Waals surface area contributed by atoms with Gasteiger partial charge in [0.05, 0.1) is 15.0 Å². The fourth-order valence-corrected chi connectivity index (χ4v) is 4.89. The molecule has 1 N–H and O–H groups in total. The summed E-state index contributed by atoms with van der Waals surface area (Å²) in [6, 6.07) is 7.97. The maximum Gasteiger partial charge on any atom is 0.345 e. The fraction of sp³-hybridized carbons (Fsp3) is 0.429. The van der Waals surface area contributed by atoms with Gasteiger partial charge in [0.2, 0.25) is 0 Å². The van der Waals surface area contributed by atoms with Gasteiger partial charge in [-0.05, 0) is 51.4 Å². The second-order valence-electron chi connectivity index (χ2n) is 7.38. The van der Waals surface area contributed by atoms with Crippen molar-refractivity contribution in [1.29, 1.82) is 0 Å². The summed E-state index contributed by atoms with van der Waals surface area (Å²) in [5.74, 6) is -0.124. The van der Waals surface area contributed by atoms with Gasteiger partial charge >= 0.3 is 5.63 Å². The van der Waals surface area contributed by atoms with Crippen molar-refractivity contribution >= 4 is 38.3 Å². The maximum atomic E-state index is 12.6. The number of piperidine rings is 1. The molecule has 2 aromatic heterocycles. The Morgan fingerprint density at radius 3 is 2.96 bits per heavy atom. The normalized spacial score (nSPS) is 18.2. The van der Waals surface area contributed by atoms with Crippen molar-refractivity contribution in [3.8, 4) is 0 Å². The first-order valence-corrected chi connectivity index (χ1v) is 10.3. The summed E-state index contributed by atoms with van der Waals surface area (Å²) in [6.07, 6.45) is 3.76. The summed E-state index contributed by atoms with van der Waals surface area (Å²) >= 11 is 1.36. The molecule has 1 aliphatic rings. The van der Waals surface area contributed by atoms with E-state index in [1.165, 1.54) is 30.6 Å². The van der Waals surface area contributed by atoms with E-state index in [0.717, 1.165) is 28.7 Å². The van der Waals surface area contributed by atoms with Crippen LogP contribution in [0.3, 0.4) is 0 Å². The first-order valence-electron chi connectivity index (χ1n) is 9.52. The van der Waals surface area contributed by atoms with E-state index in [-0.39, 0.29) is 5.91 Å². The van der Waals surface area contributed by atoms with Crippen molar-refractivity contribution in [1.82, 2.24) is 10.2 Å². The zero-order chi connectivity index (χ0) is 19.0. The lowest BCUT2D eigenvalue weighted by Crippen LogP contribution is -2.42. The third-order valence-electron chi connectivity index (χ3n) is 5.38. The summed E-state index contributed by atoms with van der Waals surface area (Å²) in [5.41, 5.74) is 1.26. The number of carbonyl (C=O) groups is 1. The number of fused-ring (bicyclic) bond motifs is 3. The minimum Gasteiger partial charge on any atom is -0.422 e. The first kappa shape index (κ1) is 18.2. The smallest absolute Gasteiger partial charge is 0.345 e. The van der Waals surface area contributed by atoms with Gasteiger partial charge in [-0.2, -0.15) is 0 Å².